The summed E-state index contributed by atoms with van der Waals surface area (Å²) in [5.41, 5.74) is 8.12. The Kier molecular flexibility index (Phi) is 7.10. The lowest BCUT2D eigenvalue weighted by atomic mass is 9.98. The van der Waals surface area contributed by atoms with Crippen LogP contribution in [0.25, 0.3) is 0 Å². The highest BCUT2D eigenvalue weighted by Crippen LogP contribution is 2.35. The van der Waals surface area contributed by atoms with Crippen molar-refractivity contribution >= 4 is 14.7 Å². The summed E-state index contributed by atoms with van der Waals surface area (Å²) in [4.78, 5) is 0. The zero-order valence-corrected chi connectivity index (χ0v) is 18.2. The molecule has 1 aliphatic rings. The van der Waals surface area contributed by atoms with Gasteiger partial charge in [0.25, 0.3) is 0 Å². The van der Waals surface area contributed by atoms with Crippen molar-refractivity contribution in [2.75, 3.05) is 0 Å². The van der Waals surface area contributed by atoms with Crippen LogP contribution < -0.4 is 5.19 Å². The smallest absolute Gasteiger partial charge is 0.0728 e. The van der Waals surface area contributed by atoms with Crippen LogP contribution in [0.15, 0.2) is 40.1 Å². The van der Waals surface area contributed by atoms with Crippen molar-refractivity contribution in [2.45, 2.75) is 80.1 Å². The molecule has 132 valence electrons. The first-order chi connectivity index (χ1) is 11.5. The molecule has 24 heavy (non-hydrogen) atoms. The van der Waals surface area contributed by atoms with E-state index in [1.54, 1.807) is 38.2 Å². The fraction of sp³-hybridized carbons (Fsp3) is 0.565. The minimum Gasteiger partial charge on any atom is -0.0728 e. The molecule has 1 heteroatoms. The van der Waals surface area contributed by atoms with Gasteiger partial charge in [-0.1, -0.05) is 73.3 Å². The average molecular weight is 341 g/mol. The van der Waals surface area contributed by atoms with Gasteiger partial charge in [-0.2, -0.15) is 0 Å². The number of hydrogen-bond acceptors (Lipinski definition) is 0. The van der Waals surface area contributed by atoms with Gasteiger partial charge in [-0.05, 0) is 69.1 Å². The number of rotatable bonds is 8. The van der Waals surface area contributed by atoms with E-state index in [-0.39, 0.29) is 9.52 Å². The molecule has 0 N–H and O–H groups in total. The Morgan fingerprint density at radius 2 is 1.58 bits per heavy atom. The van der Waals surface area contributed by atoms with E-state index in [9.17, 15) is 0 Å². The summed E-state index contributed by atoms with van der Waals surface area (Å²) >= 11 is 0. The summed E-state index contributed by atoms with van der Waals surface area (Å²) in [5, 5.41) is 3.51. The fourth-order valence-electron chi connectivity index (χ4n) is 4.07. The Labute approximate surface area is 152 Å². The van der Waals surface area contributed by atoms with Crippen molar-refractivity contribution in [3.63, 3.8) is 0 Å². The fourth-order valence-corrected chi connectivity index (χ4v) is 6.49. The van der Waals surface area contributed by atoms with Gasteiger partial charge in [0.1, 0.15) is 0 Å². The Balaban J connectivity index is 2.33. The molecule has 0 heterocycles. The van der Waals surface area contributed by atoms with Gasteiger partial charge in [0.15, 0.2) is 0 Å². The summed E-state index contributed by atoms with van der Waals surface area (Å²) in [6.07, 6.45) is 7.78. The van der Waals surface area contributed by atoms with Gasteiger partial charge < -0.3 is 0 Å². The Hall–Kier alpha value is -1.08. The van der Waals surface area contributed by atoms with Gasteiger partial charge in [0.2, 0.25) is 0 Å². The van der Waals surface area contributed by atoms with E-state index in [2.05, 4.69) is 59.7 Å². The third kappa shape index (κ3) is 4.11. The van der Waals surface area contributed by atoms with E-state index >= 15 is 0 Å². The zero-order chi connectivity index (χ0) is 17.7. The standard InChI is InChI=1S/C23H36Si/c1-7-9-12-20-13-11-15-22(21(20)14-10-8-2)24-23-18(5)16(3)17(4)19(23)6/h11,13,15,18H,7-10,12,14,24H2,1-6H3. The second kappa shape index (κ2) is 8.85. The maximum atomic E-state index is 2.45. The normalized spacial score (nSPS) is 18.5. The number of benzene rings is 1. The third-order valence-electron chi connectivity index (χ3n) is 6.14. The molecule has 0 saturated carbocycles. The van der Waals surface area contributed by atoms with E-state index in [1.165, 1.54) is 38.5 Å². The molecule has 1 aromatic rings. The van der Waals surface area contributed by atoms with Crippen LogP contribution in [0.2, 0.25) is 0 Å². The van der Waals surface area contributed by atoms with Gasteiger partial charge in [-0.3, -0.25) is 0 Å². The van der Waals surface area contributed by atoms with Gasteiger partial charge in [0.05, 0.1) is 9.52 Å². The summed E-state index contributed by atoms with van der Waals surface area (Å²) in [5.74, 6) is 0.676. The molecule has 1 aromatic carbocycles. The number of aryl methyl sites for hydroxylation is 1. The minimum absolute atomic E-state index is 0.357. The Morgan fingerprint density at radius 3 is 2.17 bits per heavy atom. The number of hydrogen-bond donors (Lipinski definition) is 0. The molecule has 0 spiro atoms. The van der Waals surface area contributed by atoms with Crippen LogP contribution in [0, 0.1) is 5.92 Å². The van der Waals surface area contributed by atoms with Crippen molar-refractivity contribution < 1.29 is 0 Å². The molecule has 0 nitrogen and oxygen atoms in total. The minimum atomic E-state index is -0.357. The van der Waals surface area contributed by atoms with Gasteiger partial charge in [-0.25, -0.2) is 0 Å². The summed E-state index contributed by atoms with van der Waals surface area (Å²) < 4.78 is 0. The molecule has 0 amide bonds. The first-order valence-electron chi connectivity index (χ1n) is 9.98. The van der Waals surface area contributed by atoms with E-state index in [0.717, 1.165) is 0 Å². The first-order valence-corrected chi connectivity index (χ1v) is 11.4. The summed E-state index contributed by atoms with van der Waals surface area (Å²) in [6.45, 7) is 14.0. The van der Waals surface area contributed by atoms with Gasteiger partial charge >= 0.3 is 0 Å². The highest BCUT2D eigenvalue weighted by atomic mass is 28.2. The lowest BCUT2D eigenvalue weighted by Crippen LogP contribution is -2.25. The second-order valence-electron chi connectivity index (χ2n) is 7.62. The number of unbranched alkanes of at least 4 members (excludes halogenated alkanes) is 2. The monoisotopic (exact) mass is 340 g/mol. The predicted octanol–water partition coefficient (Wildman–Crippen LogP) is 5.43. The van der Waals surface area contributed by atoms with Crippen LogP contribution in [-0.4, -0.2) is 9.52 Å². The average Bonchev–Trinajstić information content (AvgIpc) is 2.76. The molecular weight excluding hydrogens is 304 g/mol. The maximum absolute atomic E-state index is 2.45. The molecule has 0 aromatic heterocycles. The largest absolute Gasteiger partial charge is 0.0839 e. The Morgan fingerprint density at radius 1 is 0.917 bits per heavy atom. The molecule has 2 rings (SSSR count). The van der Waals surface area contributed by atoms with E-state index < -0.39 is 0 Å². The van der Waals surface area contributed by atoms with Crippen LogP contribution in [0.4, 0.5) is 0 Å². The highest BCUT2D eigenvalue weighted by molar-refractivity contribution is 6.62. The quantitative estimate of drug-likeness (QED) is 0.554. The molecule has 1 unspecified atom stereocenters. The molecular formula is C23H36Si. The molecule has 0 aliphatic heterocycles. The van der Waals surface area contributed by atoms with E-state index in [1.807, 2.05) is 0 Å². The van der Waals surface area contributed by atoms with Crippen molar-refractivity contribution in [1.29, 1.82) is 0 Å². The lowest BCUT2D eigenvalue weighted by Gasteiger charge is -2.18. The van der Waals surface area contributed by atoms with Crippen molar-refractivity contribution in [2.24, 2.45) is 5.92 Å². The second-order valence-corrected chi connectivity index (χ2v) is 9.50. The van der Waals surface area contributed by atoms with Crippen molar-refractivity contribution in [3.05, 3.63) is 51.2 Å². The van der Waals surface area contributed by atoms with Crippen LogP contribution in [-0.2, 0) is 12.8 Å². The highest BCUT2D eigenvalue weighted by Gasteiger charge is 2.24. The Bertz CT molecular complexity index is 633. The van der Waals surface area contributed by atoms with Crippen molar-refractivity contribution in [3.8, 4) is 0 Å². The first kappa shape index (κ1) is 19.2. The zero-order valence-electron chi connectivity index (χ0n) is 16.8. The molecule has 0 fully saturated rings. The van der Waals surface area contributed by atoms with Gasteiger partial charge in [-0.15, -0.1) is 0 Å². The molecule has 0 bridgehead atoms. The third-order valence-corrected chi connectivity index (χ3v) is 8.71. The van der Waals surface area contributed by atoms with Crippen molar-refractivity contribution in [1.82, 2.24) is 0 Å². The number of allylic oxidation sites excluding steroid dienone is 4. The SMILES string of the molecule is CCCCc1cccc([SiH2]C2=C(C)C(C)=C(C)C2C)c1CCCC. The lowest BCUT2D eigenvalue weighted by molar-refractivity contribution is 0.760. The van der Waals surface area contributed by atoms with Gasteiger partial charge in [0, 0.05) is 0 Å². The van der Waals surface area contributed by atoms with E-state index in [4.69, 9.17) is 0 Å². The van der Waals surface area contributed by atoms with Crippen LogP contribution in [0.5, 0.6) is 0 Å². The van der Waals surface area contributed by atoms with Crippen LogP contribution in [0.3, 0.4) is 0 Å². The predicted molar refractivity (Wildman–Crippen MR) is 112 cm³/mol. The van der Waals surface area contributed by atoms with E-state index in [0.29, 0.717) is 5.92 Å². The van der Waals surface area contributed by atoms with Crippen LogP contribution in [0.1, 0.15) is 78.4 Å². The molecule has 1 atom stereocenters. The molecule has 0 saturated heterocycles. The topological polar surface area (TPSA) is 0 Å². The summed E-state index contributed by atoms with van der Waals surface area (Å²) in [6, 6.07) is 7.17. The maximum Gasteiger partial charge on any atom is 0.0839 e. The summed E-state index contributed by atoms with van der Waals surface area (Å²) in [7, 11) is -0.357. The molecule has 1 aliphatic carbocycles. The molecule has 0 radical (unpaired) electrons. The van der Waals surface area contributed by atoms with Crippen LogP contribution >= 0.6 is 0 Å².